The Morgan fingerprint density at radius 3 is 2.96 bits per heavy atom. The largest absolute Gasteiger partial charge is 0.496 e. The highest BCUT2D eigenvalue weighted by Gasteiger charge is 2.23. The van der Waals surface area contributed by atoms with Crippen molar-refractivity contribution in [3.63, 3.8) is 0 Å². The highest BCUT2D eigenvalue weighted by atomic mass is 79.9. The van der Waals surface area contributed by atoms with E-state index in [-0.39, 0.29) is 12.0 Å². The van der Waals surface area contributed by atoms with E-state index in [1.54, 1.807) is 18.4 Å². The molecule has 1 atom stereocenters. The summed E-state index contributed by atoms with van der Waals surface area (Å²) in [6.07, 6.45) is 3.52. The first-order chi connectivity index (χ1) is 12.7. The number of methoxy groups -OCH3 is 1. The monoisotopic (exact) mass is 437 g/mol. The Balaban J connectivity index is 1.61. The molecule has 26 heavy (non-hydrogen) atoms. The minimum Gasteiger partial charge on any atom is -0.496 e. The van der Waals surface area contributed by atoms with Crippen LogP contribution in [0.5, 0.6) is 5.75 Å². The first kappa shape index (κ1) is 19.4. The quantitative estimate of drug-likeness (QED) is 0.602. The Morgan fingerprint density at radius 1 is 1.42 bits per heavy atom. The number of thiophene rings is 1. The summed E-state index contributed by atoms with van der Waals surface area (Å²) in [4.78, 5) is 16.0. The van der Waals surface area contributed by atoms with E-state index in [4.69, 9.17) is 9.47 Å². The summed E-state index contributed by atoms with van der Waals surface area (Å²) in [5.41, 5.74) is 1.12. The van der Waals surface area contributed by atoms with Gasteiger partial charge in [-0.2, -0.15) is 0 Å². The molecule has 1 aromatic carbocycles. The molecule has 6 heteroatoms. The smallest absolute Gasteiger partial charge is 0.223 e. The van der Waals surface area contributed by atoms with Crippen LogP contribution in [0.25, 0.3) is 0 Å². The van der Waals surface area contributed by atoms with Crippen LogP contribution in [0.1, 0.15) is 29.7 Å². The number of hydrogen-bond acceptors (Lipinski definition) is 4. The van der Waals surface area contributed by atoms with Crippen LogP contribution in [-0.4, -0.2) is 37.2 Å². The molecule has 1 aromatic heterocycles. The van der Waals surface area contributed by atoms with Crippen LogP contribution in [0.15, 0.2) is 40.2 Å². The van der Waals surface area contributed by atoms with Gasteiger partial charge in [-0.25, -0.2) is 0 Å². The van der Waals surface area contributed by atoms with Gasteiger partial charge in [0.05, 0.1) is 24.2 Å². The minimum atomic E-state index is 0.175. The Hall–Kier alpha value is -1.37. The molecule has 0 aliphatic carbocycles. The van der Waals surface area contributed by atoms with E-state index < -0.39 is 0 Å². The Kier molecular flexibility index (Phi) is 7.11. The molecule has 1 saturated heterocycles. The highest BCUT2D eigenvalue weighted by Crippen LogP contribution is 2.26. The first-order valence-corrected chi connectivity index (χ1v) is 10.6. The summed E-state index contributed by atoms with van der Waals surface area (Å²) in [6, 6.07) is 10.1. The molecule has 0 spiro atoms. The summed E-state index contributed by atoms with van der Waals surface area (Å²) in [5.74, 6) is 0.985. The summed E-state index contributed by atoms with van der Waals surface area (Å²) in [5, 5.41) is 2.05. The van der Waals surface area contributed by atoms with Gasteiger partial charge < -0.3 is 14.4 Å². The van der Waals surface area contributed by atoms with Crippen LogP contribution in [0.3, 0.4) is 0 Å². The molecule has 3 rings (SSSR count). The van der Waals surface area contributed by atoms with Crippen LogP contribution in [0.2, 0.25) is 0 Å². The fraction of sp³-hybridized carbons (Fsp3) is 0.450. The average molecular weight is 438 g/mol. The van der Waals surface area contributed by atoms with Gasteiger partial charge in [-0.1, -0.05) is 12.1 Å². The van der Waals surface area contributed by atoms with E-state index in [2.05, 4.69) is 27.4 Å². The van der Waals surface area contributed by atoms with Gasteiger partial charge in [0, 0.05) is 24.4 Å². The maximum atomic E-state index is 12.9. The van der Waals surface area contributed by atoms with Crippen molar-refractivity contribution in [1.82, 2.24) is 4.90 Å². The van der Waals surface area contributed by atoms with E-state index >= 15 is 0 Å². The zero-order valence-corrected chi connectivity index (χ0v) is 17.4. The van der Waals surface area contributed by atoms with Crippen molar-refractivity contribution in [1.29, 1.82) is 0 Å². The molecule has 1 unspecified atom stereocenters. The Labute approximate surface area is 167 Å². The van der Waals surface area contributed by atoms with Crippen molar-refractivity contribution in [2.24, 2.45) is 0 Å². The number of benzene rings is 1. The van der Waals surface area contributed by atoms with Crippen LogP contribution in [-0.2, 0) is 22.5 Å². The molecule has 1 aliphatic heterocycles. The third-order valence-corrected chi connectivity index (χ3v) is 6.05. The number of amides is 1. The van der Waals surface area contributed by atoms with E-state index in [1.807, 2.05) is 29.2 Å². The molecule has 2 aromatic rings. The second-order valence-electron chi connectivity index (χ2n) is 6.46. The lowest BCUT2D eigenvalue weighted by Crippen LogP contribution is -2.36. The maximum absolute atomic E-state index is 12.9. The molecular weight excluding hydrogens is 414 g/mol. The molecular formula is C20H24BrNO3S. The number of nitrogens with zero attached hydrogens (tertiary/aromatic N) is 1. The molecule has 140 valence electrons. The third-order valence-electron chi connectivity index (χ3n) is 4.57. The van der Waals surface area contributed by atoms with Crippen molar-refractivity contribution in [2.45, 2.75) is 38.3 Å². The molecule has 2 heterocycles. The van der Waals surface area contributed by atoms with Gasteiger partial charge in [-0.3, -0.25) is 4.79 Å². The van der Waals surface area contributed by atoms with Crippen LogP contribution in [0.4, 0.5) is 0 Å². The number of rotatable bonds is 8. The van der Waals surface area contributed by atoms with Crippen LogP contribution < -0.4 is 4.74 Å². The van der Waals surface area contributed by atoms with E-state index in [1.165, 1.54) is 4.88 Å². The van der Waals surface area contributed by atoms with Crippen LogP contribution >= 0.6 is 27.3 Å². The van der Waals surface area contributed by atoms with Crippen LogP contribution in [0, 0.1) is 0 Å². The lowest BCUT2D eigenvalue weighted by atomic mass is 10.1. The number of ether oxygens (including phenoxy) is 2. The van der Waals surface area contributed by atoms with Gasteiger partial charge in [-0.05, 0) is 64.3 Å². The molecule has 1 fully saturated rings. The zero-order valence-electron chi connectivity index (χ0n) is 14.9. The van der Waals surface area contributed by atoms with Gasteiger partial charge in [0.1, 0.15) is 5.75 Å². The second-order valence-corrected chi connectivity index (χ2v) is 8.34. The maximum Gasteiger partial charge on any atom is 0.223 e. The standard InChI is InChI=1S/C20H24BrNO3S/c1-24-19-8-6-15(12-18(19)21)7-9-20(23)22(13-16-4-2-10-25-16)14-17-5-3-11-26-17/h3,5-6,8,11-12,16H,2,4,7,9-10,13-14H2,1H3. The normalized spacial score (nSPS) is 16.6. The summed E-state index contributed by atoms with van der Waals surface area (Å²) >= 11 is 5.20. The molecule has 0 N–H and O–H groups in total. The van der Waals surface area contributed by atoms with Crippen molar-refractivity contribution < 1.29 is 14.3 Å². The Morgan fingerprint density at radius 2 is 2.31 bits per heavy atom. The van der Waals surface area contributed by atoms with Gasteiger partial charge in [0.2, 0.25) is 5.91 Å². The number of carbonyl (C=O) groups is 1. The van der Waals surface area contributed by atoms with Gasteiger partial charge in [0.15, 0.2) is 0 Å². The van der Waals surface area contributed by atoms with Crippen molar-refractivity contribution in [3.8, 4) is 5.75 Å². The second kappa shape index (κ2) is 9.53. The number of hydrogen-bond donors (Lipinski definition) is 0. The summed E-state index contributed by atoms with van der Waals surface area (Å²) < 4.78 is 11.9. The zero-order chi connectivity index (χ0) is 18.4. The molecule has 1 amide bonds. The first-order valence-electron chi connectivity index (χ1n) is 8.90. The van der Waals surface area contributed by atoms with Crippen molar-refractivity contribution >= 4 is 33.2 Å². The predicted molar refractivity (Wildman–Crippen MR) is 108 cm³/mol. The Bertz CT molecular complexity index is 714. The van der Waals surface area contributed by atoms with Gasteiger partial charge >= 0.3 is 0 Å². The fourth-order valence-electron chi connectivity index (χ4n) is 3.15. The van der Waals surface area contributed by atoms with Gasteiger partial charge in [-0.15, -0.1) is 11.3 Å². The number of halogens is 1. The minimum absolute atomic E-state index is 0.175. The third kappa shape index (κ3) is 5.32. The lowest BCUT2D eigenvalue weighted by molar-refractivity contribution is -0.133. The molecule has 0 radical (unpaired) electrons. The highest BCUT2D eigenvalue weighted by molar-refractivity contribution is 9.10. The van der Waals surface area contributed by atoms with E-state index in [0.29, 0.717) is 25.9 Å². The summed E-state index contributed by atoms with van der Waals surface area (Å²) in [7, 11) is 1.65. The molecule has 4 nitrogen and oxygen atoms in total. The van der Waals surface area contributed by atoms with Crippen molar-refractivity contribution in [3.05, 3.63) is 50.6 Å². The van der Waals surface area contributed by atoms with E-state index in [0.717, 1.165) is 35.2 Å². The van der Waals surface area contributed by atoms with Crippen molar-refractivity contribution in [2.75, 3.05) is 20.3 Å². The van der Waals surface area contributed by atoms with Gasteiger partial charge in [0.25, 0.3) is 0 Å². The molecule has 0 bridgehead atoms. The average Bonchev–Trinajstić information content (AvgIpc) is 3.33. The number of aryl methyl sites for hydroxylation is 1. The molecule has 0 saturated carbocycles. The predicted octanol–water partition coefficient (Wildman–Crippen LogP) is 4.66. The summed E-state index contributed by atoms with van der Waals surface area (Å²) in [6.45, 7) is 2.16. The van der Waals surface area contributed by atoms with E-state index in [9.17, 15) is 4.79 Å². The molecule has 1 aliphatic rings. The fourth-order valence-corrected chi connectivity index (χ4v) is 4.46. The lowest BCUT2D eigenvalue weighted by Gasteiger charge is -2.25. The topological polar surface area (TPSA) is 38.8 Å². The number of carbonyl (C=O) groups excluding carboxylic acids is 1. The SMILES string of the molecule is COc1ccc(CCC(=O)N(Cc2cccs2)CC2CCCO2)cc1Br.